The first-order valence-electron chi connectivity index (χ1n) is 18.6. The maximum Gasteiger partial charge on any atom is 0.335 e. The van der Waals surface area contributed by atoms with Crippen LogP contribution in [-0.4, -0.2) is 106 Å². The van der Waals surface area contributed by atoms with Crippen LogP contribution in [0.25, 0.3) is 0 Å². The minimum absolute atomic E-state index is 0.0140. The predicted molar refractivity (Wildman–Crippen MR) is 182 cm³/mol. The number of aliphatic hydroxyl groups is 5. The molecule has 0 rings (SSSR count). The van der Waals surface area contributed by atoms with E-state index in [9.17, 15) is 35.4 Å². The van der Waals surface area contributed by atoms with Crippen molar-refractivity contribution in [3.63, 3.8) is 0 Å². The van der Waals surface area contributed by atoms with Gasteiger partial charge in [-0.15, -0.1) is 0 Å². The van der Waals surface area contributed by atoms with Crippen molar-refractivity contribution >= 4 is 5.97 Å². The van der Waals surface area contributed by atoms with E-state index in [1.165, 1.54) is 38.5 Å². The minimum Gasteiger partial charge on any atom is -0.479 e. The molecule has 0 fully saturated rings. The average molecular weight is 665 g/mol. The molecule has 0 aromatic carbocycles. The molecule has 10 nitrogen and oxygen atoms in total. The zero-order valence-corrected chi connectivity index (χ0v) is 29.5. The van der Waals surface area contributed by atoms with Crippen molar-refractivity contribution in [2.45, 2.75) is 198 Å². The van der Waals surface area contributed by atoms with E-state index in [0.717, 1.165) is 77.0 Å². The Labute approximate surface area is 280 Å². The van der Waals surface area contributed by atoms with E-state index >= 15 is 0 Å². The van der Waals surface area contributed by atoms with Gasteiger partial charge in [-0.05, 0) is 19.3 Å². The Kier molecular flexibility index (Phi) is 30.8. The van der Waals surface area contributed by atoms with Crippen molar-refractivity contribution in [2.75, 3.05) is 26.4 Å². The van der Waals surface area contributed by atoms with Gasteiger partial charge >= 0.3 is 5.97 Å². The molecule has 0 saturated heterocycles. The lowest BCUT2D eigenvalue weighted by molar-refractivity contribution is -0.189. The average Bonchev–Trinajstić information content (AvgIpc) is 3.03. The molecule has 0 heterocycles. The Hall–Kier alpha value is -0.850. The van der Waals surface area contributed by atoms with Gasteiger partial charge in [0.2, 0.25) is 0 Å². The Bertz CT molecular complexity index is 667. The summed E-state index contributed by atoms with van der Waals surface area (Å²) in [5, 5.41) is 62.1. The maximum absolute atomic E-state index is 11.6. The van der Waals surface area contributed by atoms with E-state index < -0.39 is 48.7 Å². The quantitative estimate of drug-likeness (QED) is 0.0448. The molecular weight excluding hydrogens is 592 g/mol. The van der Waals surface area contributed by atoms with Gasteiger partial charge in [-0.25, -0.2) is 4.79 Å². The zero-order chi connectivity index (χ0) is 34.4. The van der Waals surface area contributed by atoms with Gasteiger partial charge in [0.1, 0.15) is 18.3 Å². The van der Waals surface area contributed by atoms with Crippen LogP contribution in [0.2, 0.25) is 0 Å². The Morgan fingerprint density at radius 2 is 0.870 bits per heavy atom. The Morgan fingerprint density at radius 3 is 1.28 bits per heavy atom. The molecule has 276 valence electrons. The Morgan fingerprint density at radius 1 is 0.500 bits per heavy atom. The summed E-state index contributed by atoms with van der Waals surface area (Å²) < 4.78 is 17.6. The molecule has 10 heteroatoms. The van der Waals surface area contributed by atoms with Crippen molar-refractivity contribution in [1.82, 2.24) is 0 Å². The standard InChI is InChI=1S/C36H72O10/c1-4-7-10-13-16-19-22-29(37)25-44-28-32(45-26-30(38)23-20-17-14-11-8-5-2)35(33(40)34(41)36(42)43)46-27-31(39)24-21-18-15-12-9-6-3/h29-35,37-41H,4-28H2,1-3H3,(H,42,43). The number of ether oxygens (including phenoxy) is 3. The summed E-state index contributed by atoms with van der Waals surface area (Å²) in [4.78, 5) is 11.6. The number of carboxylic acids is 1. The molecule has 7 atom stereocenters. The highest BCUT2D eigenvalue weighted by atomic mass is 16.6. The van der Waals surface area contributed by atoms with Crippen LogP contribution in [0.3, 0.4) is 0 Å². The first-order chi connectivity index (χ1) is 22.2. The van der Waals surface area contributed by atoms with Gasteiger partial charge in [-0.3, -0.25) is 0 Å². The highest BCUT2D eigenvalue weighted by Gasteiger charge is 2.38. The predicted octanol–water partition coefficient (Wildman–Crippen LogP) is 5.91. The van der Waals surface area contributed by atoms with Crippen LogP contribution in [-0.2, 0) is 19.0 Å². The summed E-state index contributed by atoms with van der Waals surface area (Å²) in [6, 6.07) is 0. The molecule has 0 radical (unpaired) electrons. The first-order valence-corrected chi connectivity index (χ1v) is 18.6. The lowest BCUT2D eigenvalue weighted by atomic mass is 10.0. The van der Waals surface area contributed by atoms with Gasteiger partial charge in [0.05, 0.1) is 44.7 Å². The van der Waals surface area contributed by atoms with Crippen LogP contribution in [0.1, 0.15) is 156 Å². The summed E-state index contributed by atoms with van der Waals surface area (Å²) >= 11 is 0. The van der Waals surface area contributed by atoms with Crippen LogP contribution in [0, 0.1) is 0 Å². The SMILES string of the molecule is CCCCCCCCC(O)COCC(OCC(O)CCCCCCCC)C(OCC(O)CCCCCCCC)C(O)C(O)C(=O)O. The second-order valence-corrected chi connectivity index (χ2v) is 13.1. The van der Waals surface area contributed by atoms with Crippen LogP contribution in [0.15, 0.2) is 0 Å². The first kappa shape index (κ1) is 45.2. The molecule has 0 aliphatic carbocycles. The molecule has 0 spiro atoms. The summed E-state index contributed by atoms with van der Waals surface area (Å²) in [5.41, 5.74) is 0. The van der Waals surface area contributed by atoms with E-state index in [4.69, 9.17) is 14.2 Å². The molecule has 0 bridgehead atoms. The molecular formula is C36H72O10. The van der Waals surface area contributed by atoms with Gasteiger partial charge < -0.3 is 44.8 Å². The fraction of sp³-hybridized carbons (Fsp3) is 0.972. The van der Waals surface area contributed by atoms with E-state index in [2.05, 4.69) is 20.8 Å². The van der Waals surface area contributed by atoms with Gasteiger partial charge in [-0.1, -0.05) is 136 Å². The van der Waals surface area contributed by atoms with E-state index in [1.54, 1.807) is 0 Å². The molecule has 6 N–H and O–H groups in total. The lowest BCUT2D eigenvalue weighted by Gasteiger charge is -2.33. The molecule has 0 amide bonds. The number of hydrogen-bond acceptors (Lipinski definition) is 9. The molecule has 0 aliphatic rings. The van der Waals surface area contributed by atoms with Crippen LogP contribution >= 0.6 is 0 Å². The smallest absolute Gasteiger partial charge is 0.335 e. The van der Waals surface area contributed by atoms with Crippen molar-refractivity contribution in [3.05, 3.63) is 0 Å². The molecule has 0 saturated carbocycles. The number of rotatable bonds is 35. The van der Waals surface area contributed by atoms with Gasteiger partial charge in [0.25, 0.3) is 0 Å². The topological polar surface area (TPSA) is 166 Å². The largest absolute Gasteiger partial charge is 0.479 e. The number of carboxylic acid groups (broad SMARTS) is 1. The molecule has 46 heavy (non-hydrogen) atoms. The number of aliphatic carboxylic acids is 1. The van der Waals surface area contributed by atoms with Crippen molar-refractivity contribution in [1.29, 1.82) is 0 Å². The second kappa shape index (κ2) is 31.4. The van der Waals surface area contributed by atoms with E-state index in [0.29, 0.717) is 19.3 Å². The fourth-order valence-corrected chi connectivity index (χ4v) is 5.50. The fourth-order valence-electron chi connectivity index (χ4n) is 5.50. The Balaban J connectivity index is 5.29. The van der Waals surface area contributed by atoms with Crippen LogP contribution in [0.4, 0.5) is 0 Å². The van der Waals surface area contributed by atoms with E-state index in [1.807, 2.05) is 0 Å². The van der Waals surface area contributed by atoms with Crippen molar-refractivity contribution < 1.29 is 49.6 Å². The third-order valence-corrected chi connectivity index (χ3v) is 8.53. The second-order valence-electron chi connectivity index (χ2n) is 13.1. The number of aliphatic hydroxyl groups excluding tert-OH is 5. The third-order valence-electron chi connectivity index (χ3n) is 8.53. The van der Waals surface area contributed by atoms with E-state index in [-0.39, 0.29) is 26.4 Å². The van der Waals surface area contributed by atoms with Gasteiger partial charge in [-0.2, -0.15) is 0 Å². The van der Waals surface area contributed by atoms with Crippen molar-refractivity contribution in [3.8, 4) is 0 Å². The zero-order valence-electron chi connectivity index (χ0n) is 29.5. The maximum atomic E-state index is 11.6. The highest BCUT2D eigenvalue weighted by Crippen LogP contribution is 2.18. The summed E-state index contributed by atoms with van der Waals surface area (Å²) in [5.74, 6) is -1.62. The number of hydrogen-bond donors (Lipinski definition) is 6. The highest BCUT2D eigenvalue weighted by molar-refractivity contribution is 5.72. The van der Waals surface area contributed by atoms with Gasteiger partial charge in [0.15, 0.2) is 6.10 Å². The summed E-state index contributed by atoms with van der Waals surface area (Å²) in [6.45, 7) is 6.05. The number of unbranched alkanes of at least 4 members (excludes halogenated alkanes) is 15. The molecule has 0 aromatic rings. The molecule has 0 aromatic heterocycles. The third kappa shape index (κ3) is 25.2. The normalized spacial score (nSPS) is 16.5. The lowest BCUT2D eigenvalue weighted by Crippen LogP contribution is -2.52. The van der Waals surface area contributed by atoms with Crippen LogP contribution < -0.4 is 0 Å². The molecule has 7 unspecified atom stereocenters. The number of carbonyl (C=O) groups is 1. The summed E-state index contributed by atoms with van der Waals surface area (Å²) in [6.07, 6.45) is 12.3. The van der Waals surface area contributed by atoms with Crippen molar-refractivity contribution in [2.24, 2.45) is 0 Å². The van der Waals surface area contributed by atoms with Crippen LogP contribution in [0.5, 0.6) is 0 Å². The monoisotopic (exact) mass is 665 g/mol. The summed E-state index contributed by atoms with van der Waals surface area (Å²) in [7, 11) is 0. The molecule has 0 aliphatic heterocycles. The van der Waals surface area contributed by atoms with Gasteiger partial charge in [0, 0.05) is 0 Å². The minimum atomic E-state index is -2.15.